The van der Waals surface area contributed by atoms with Gasteiger partial charge in [0.2, 0.25) is 0 Å². The van der Waals surface area contributed by atoms with Crippen LogP contribution in [-0.4, -0.2) is 22.9 Å². The fourth-order valence-corrected chi connectivity index (χ4v) is 1.42. The van der Waals surface area contributed by atoms with Gasteiger partial charge in [0.25, 0.3) is 0 Å². The van der Waals surface area contributed by atoms with Gasteiger partial charge in [0.1, 0.15) is 0 Å². The highest BCUT2D eigenvalue weighted by atomic mass is 16.3. The second-order valence-corrected chi connectivity index (χ2v) is 3.57. The van der Waals surface area contributed by atoms with Crippen molar-refractivity contribution in [3.8, 4) is 0 Å². The third-order valence-corrected chi connectivity index (χ3v) is 2.29. The zero-order chi connectivity index (χ0) is 10.9. The summed E-state index contributed by atoms with van der Waals surface area (Å²) >= 11 is 0. The molecule has 0 spiro atoms. The molecule has 1 aromatic rings. The summed E-state index contributed by atoms with van der Waals surface area (Å²) in [4.78, 5) is 0. The molecule has 0 aromatic heterocycles. The quantitative estimate of drug-likeness (QED) is 0.698. The van der Waals surface area contributed by atoms with Crippen molar-refractivity contribution in [3.63, 3.8) is 0 Å². The van der Waals surface area contributed by atoms with Gasteiger partial charge in [-0.3, -0.25) is 0 Å². The molecule has 0 radical (unpaired) electrons. The molecule has 1 aromatic carbocycles. The van der Waals surface area contributed by atoms with Gasteiger partial charge in [0, 0.05) is 0 Å². The van der Waals surface area contributed by atoms with Crippen LogP contribution in [0.5, 0.6) is 0 Å². The van der Waals surface area contributed by atoms with E-state index in [1.807, 2.05) is 24.3 Å². The van der Waals surface area contributed by atoms with Crippen LogP contribution in [0.2, 0.25) is 0 Å². The molecule has 2 nitrogen and oxygen atoms in total. The van der Waals surface area contributed by atoms with Crippen LogP contribution in [0.15, 0.2) is 42.5 Å². The van der Waals surface area contributed by atoms with Crippen molar-refractivity contribution in [2.45, 2.75) is 25.4 Å². The molecule has 0 amide bonds. The summed E-state index contributed by atoms with van der Waals surface area (Å²) in [6.07, 6.45) is 5.44. The monoisotopic (exact) mass is 206 g/mol. The minimum atomic E-state index is -0.312. The minimum absolute atomic E-state index is 0.0470. The summed E-state index contributed by atoms with van der Waals surface area (Å²) in [5.41, 5.74) is 1.25. The zero-order valence-electron chi connectivity index (χ0n) is 8.84. The second-order valence-electron chi connectivity index (χ2n) is 3.57. The van der Waals surface area contributed by atoms with Gasteiger partial charge in [-0.25, -0.2) is 0 Å². The maximum Gasteiger partial charge on any atom is 0.0612 e. The van der Waals surface area contributed by atoms with Crippen LogP contribution in [0, 0.1) is 0 Å². The van der Waals surface area contributed by atoms with Gasteiger partial charge in [-0.05, 0) is 24.8 Å². The highest BCUT2D eigenvalue weighted by Crippen LogP contribution is 2.07. The van der Waals surface area contributed by atoms with E-state index in [0.29, 0.717) is 6.42 Å². The van der Waals surface area contributed by atoms with Gasteiger partial charge in [-0.2, -0.15) is 0 Å². The normalized spacial score (nSPS) is 13.2. The number of benzene rings is 1. The van der Waals surface area contributed by atoms with Crippen molar-refractivity contribution in [2.24, 2.45) is 0 Å². The fraction of sp³-hybridized carbons (Fsp3) is 0.385. The molecule has 0 unspecified atom stereocenters. The van der Waals surface area contributed by atoms with E-state index in [1.165, 1.54) is 5.56 Å². The smallest absolute Gasteiger partial charge is 0.0612 e. The van der Waals surface area contributed by atoms with Crippen molar-refractivity contribution in [3.05, 3.63) is 48.0 Å². The van der Waals surface area contributed by atoms with Crippen LogP contribution in [-0.2, 0) is 6.42 Å². The summed E-state index contributed by atoms with van der Waals surface area (Å²) in [5.74, 6) is 0. The molecule has 2 heteroatoms. The lowest BCUT2D eigenvalue weighted by molar-refractivity contribution is 0.168. The largest absolute Gasteiger partial charge is 0.393 e. The Morgan fingerprint density at radius 1 is 1.13 bits per heavy atom. The van der Waals surface area contributed by atoms with Crippen LogP contribution < -0.4 is 0 Å². The molecule has 2 N–H and O–H groups in total. The summed E-state index contributed by atoms with van der Waals surface area (Å²) in [6, 6.07) is 10.1. The van der Waals surface area contributed by atoms with E-state index in [0.717, 1.165) is 12.8 Å². The van der Waals surface area contributed by atoms with Gasteiger partial charge in [0.15, 0.2) is 0 Å². The van der Waals surface area contributed by atoms with E-state index in [4.69, 9.17) is 5.11 Å². The summed E-state index contributed by atoms with van der Waals surface area (Å²) in [6.45, 7) is 0.0470. The molecular weight excluding hydrogens is 188 g/mol. The molecule has 0 saturated carbocycles. The lowest BCUT2D eigenvalue weighted by Crippen LogP contribution is -2.06. The summed E-state index contributed by atoms with van der Waals surface area (Å²) < 4.78 is 0. The van der Waals surface area contributed by atoms with Crippen molar-refractivity contribution >= 4 is 0 Å². The minimum Gasteiger partial charge on any atom is -0.393 e. The number of rotatable bonds is 6. The molecule has 1 rings (SSSR count). The van der Waals surface area contributed by atoms with Crippen molar-refractivity contribution in [1.29, 1.82) is 0 Å². The Bertz CT molecular complexity index is 280. The number of hydrogen-bond acceptors (Lipinski definition) is 2. The van der Waals surface area contributed by atoms with Crippen molar-refractivity contribution < 1.29 is 10.2 Å². The Morgan fingerprint density at radius 2 is 1.87 bits per heavy atom. The SMILES string of the molecule is OC/C=C\C[C@@H](O)CCc1ccccc1. The molecule has 82 valence electrons. The Labute approximate surface area is 90.9 Å². The first-order valence-corrected chi connectivity index (χ1v) is 5.30. The van der Waals surface area contributed by atoms with Crippen LogP contribution in [0.4, 0.5) is 0 Å². The summed E-state index contributed by atoms with van der Waals surface area (Å²) in [7, 11) is 0. The molecule has 0 aliphatic heterocycles. The number of aliphatic hydroxyl groups excluding tert-OH is 2. The molecule has 1 atom stereocenters. The van der Waals surface area contributed by atoms with Crippen LogP contribution >= 0.6 is 0 Å². The van der Waals surface area contributed by atoms with E-state index >= 15 is 0 Å². The third kappa shape index (κ3) is 5.35. The van der Waals surface area contributed by atoms with Crippen molar-refractivity contribution in [1.82, 2.24) is 0 Å². The van der Waals surface area contributed by atoms with Gasteiger partial charge >= 0.3 is 0 Å². The average Bonchev–Trinajstić information content (AvgIpc) is 2.28. The van der Waals surface area contributed by atoms with Crippen molar-refractivity contribution in [2.75, 3.05) is 6.61 Å². The van der Waals surface area contributed by atoms with Gasteiger partial charge in [-0.15, -0.1) is 0 Å². The molecule has 0 saturated heterocycles. The molecule has 0 heterocycles. The first-order valence-electron chi connectivity index (χ1n) is 5.30. The zero-order valence-corrected chi connectivity index (χ0v) is 8.84. The Morgan fingerprint density at radius 3 is 2.53 bits per heavy atom. The Balaban J connectivity index is 2.22. The molecule has 0 bridgehead atoms. The average molecular weight is 206 g/mol. The lowest BCUT2D eigenvalue weighted by Gasteiger charge is -2.07. The van der Waals surface area contributed by atoms with E-state index in [1.54, 1.807) is 6.08 Å². The number of aliphatic hydroxyl groups is 2. The maximum absolute atomic E-state index is 9.60. The van der Waals surface area contributed by atoms with Gasteiger partial charge in [0.05, 0.1) is 12.7 Å². The topological polar surface area (TPSA) is 40.5 Å². The van der Waals surface area contributed by atoms with Gasteiger partial charge in [-0.1, -0.05) is 42.5 Å². The van der Waals surface area contributed by atoms with E-state index in [2.05, 4.69) is 12.1 Å². The van der Waals surface area contributed by atoms with Gasteiger partial charge < -0.3 is 10.2 Å². The second kappa shape index (κ2) is 7.21. The molecule has 15 heavy (non-hydrogen) atoms. The first kappa shape index (κ1) is 12.0. The van der Waals surface area contributed by atoms with Crippen LogP contribution in [0.3, 0.4) is 0 Å². The standard InChI is InChI=1S/C13H18O2/c14-11-5-4-8-13(15)10-9-12-6-2-1-3-7-12/h1-7,13-15H,8-11H2/b5-4-/t13-/m1/s1. The maximum atomic E-state index is 9.60. The van der Waals surface area contributed by atoms with E-state index in [9.17, 15) is 5.11 Å². The number of aryl methyl sites for hydroxylation is 1. The molecular formula is C13H18O2. The highest BCUT2D eigenvalue weighted by Gasteiger charge is 2.01. The van der Waals surface area contributed by atoms with E-state index in [-0.39, 0.29) is 12.7 Å². The Kier molecular flexibility index (Phi) is 5.74. The first-order chi connectivity index (χ1) is 7.33. The van der Waals surface area contributed by atoms with Crippen LogP contribution in [0.25, 0.3) is 0 Å². The molecule has 0 aliphatic rings. The third-order valence-electron chi connectivity index (χ3n) is 2.29. The molecule has 0 fully saturated rings. The number of hydrogen-bond donors (Lipinski definition) is 2. The van der Waals surface area contributed by atoms with E-state index < -0.39 is 0 Å². The predicted octanol–water partition coefficient (Wildman–Crippen LogP) is 1.92. The fourth-order valence-electron chi connectivity index (χ4n) is 1.42. The lowest BCUT2D eigenvalue weighted by atomic mass is 10.1. The molecule has 0 aliphatic carbocycles. The Hall–Kier alpha value is -1.12. The summed E-state index contributed by atoms with van der Waals surface area (Å²) in [5, 5.41) is 18.1. The predicted molar refractivity (Wildman–Crippen MR) is 61.6 cm³/mol. The highest BCUT2D eigenvalue weighted by molar-refractivity contribution is 5.14. The van der Waals surface area contributed by atoms with Crippen LogP contribution in [0.1, 0.15) is 18.4 Å².